The van der Waals surface area contributed by atoms with Crippen molar-refractivity contribution in [3.63, 3.8) is 0 Å². The van der Waals surface area contributed by atoms with Gasteiger partial charge in [0.15, 0.2) is 5.96 Å². The Morgan fingerprint density at radius 3 is 2.40 bits per heavy atom. The van der Waals surface area contributed by atoms with E-state index in [2.05, 4.69) is 20.3 Å². The maximum Gasteiger partial charge on any atom is 0.240 e. The quantitative estimate of drug-likeness (QED) is 0.246. The van der Waals surface area contributed by atoms with E-state index < -0.39 is 10.0 Å². The SMILES string of the molecule is CCNC(=NCc1ccc(S(=O)(=O)NC)cc1)NCCc1ccc(OC)cc1Cl.I. The van der Waals surface area contributed by atoms with Gasteiger partial charge in [-0.05, 0) is 55.8 Å². The van der Waals surface area contributed by atoms with Gasteiger partial charge in [0.2, 0.25) is 10.0 Å². The molecule has 0 amide bonds. The lowest BCUT2D eigenvalue weighted by atomic mass is 10.1. The molecule has 0 aliphatic rings. The van der Waals surface area contributed by atoms with Crippen molar-refractivity contribution < 1.29 is 13.2 Å². The number of sulfonamides is 1. The Balaban J connectivity index is 0.00000450. The number of hydrogen-bond donors (Lipinski definition) is 3. The fourth-order valence-electron chi connectivity index (χ4n) is 2.58. The van der Waals surface area contributed by atoms with Gasteiger partial charge < -0.3 is 15.4 Å². The normalized spacial score (nSPS) is 11.5. The second-order valence-electron chi connectivity index (χ2n) is 6.18. The van der Waals surface area contributed by atoms with E-state index >= 15 is 0 Å². The van der Waals surface area contributed by atoms with Gasteiger partial charge in [0.05, 0.1) is 18.6 Å². The fraction of sp³-hybridized carbons (Fsp3) is 0.350. The minimum atomic E-state index is -3.43. The molecule has 2 aromatic rings. The summed E-state index contributed by atoms with van der Waals surface area (Å²) in [6.45, 7) is 3.82. The molecule has 0 radical (unpaired) electrons. The van der Waals surface area contributed by atoms with Crippen LogP contribution >= 0.6 is 35.6 Å². The number of benzene rings is 2. The average molecular weight is 567 g/mol. The van der Waals surface area contributed by atoms with Gasteiger partial charge in [-0.2, -0.15) is 0 Å². The average Bonchev–Trinajstić information content (AvgIpc) is 2.73. The largest absolute Gasteiger partial charge is 0.497 e. The minimum absolute atomic E-state index is 0. The van der Waals surface area contributed by atoms with Crippen molar-refractivity contribution in [2.45, 2.75) is 24.8 Å². The van der Waals surface area contributed by atoms with Gasteiger partial charge >= 0.3 is 0 Å². The van der Waals surface area contributed by atoms with Crippen LogP contribution in [0.1, 0.15) is 18.1 Å². The summed E-state index contributed by atoms with van der Waals surface area (Å²) in [5, 5.41) is 7.15. The standard InChI is InChI=1S/C20H27ClN4O3S.HI/c1-4-23-20(24-12-11-16-7-8-17(28-3)13-19(16)21)25-14-15-5-9-18(10-6-15)29(26,27)22-2;/h5-10,13,22H,4,11-12,14H2,1-3H3,(H2,23,24,25);1H. The minimum Gasteiger partial charge on any atom is -0.497 e. The smallest absolute Gasteiger partial charge is 0.240 e. The van der Waals surface area contributed by atoms with Crippen LogP contribution in [0.4, 0.5) is 0 Å². The molecule has 0 atom stereocenters. The highest BCUT2D eigenvalue weighted by molar-refractivity contribution is 14.0. The summed E-state index contributed by atoms with van der Waals surface area (Å²) in [6.07, 6.45) is 0.740. The first-order valence-electron chi connectivity index (χ1n) is 9.26. The van der Waals surface area contributed by atoms with Gasteiger partial charge in [0.25, 0.3) is 0 Å². The number of rotatable bonds is 9. The Morgan fingerprint density at radius 1 is 1.13 bits per heavy atom. The lowest BCUT2D eigenvalue weighted by molar-refractivity contribution is 0.414. The molecule has 166 valence electrons. The number of guanidine groups is 1. The van der Waals surface area contributed by atoms with Crippen molar-refractivity contribution in [3.8, 4) is 5.75 Å². The van der Waals surface area contributed by atoms with Gasteiger partial charge in [0, 0.05) is 18.1 Å². The van der Waals surface area contributed by atoms with E-state index in [1.165, 1.54) is 7.05 Å². The third-order valence-corrected chi connectivity index (χ3v) is 6.00. The van der Waals surface area contributed by atoms with Crippen LogP contribution < -0.4 is 20.1 Å². The lowest BCUT2D eigenvalue weighted by Gasteiger charge is -2.12. The summed E-state index contributed by atoms with van der Waals surface area (Å²) >= 11 is 6.28. The summed E-state index contributed by atoms with van der Waals surface area (Å²) in [5.74, 6) is 1.42. The molecule has 0 aromatic heterocycles. The Labute approximate surface area is 200 Å². The number of nitrogens with one attached hydrogen (secondary N) is 3. The second kappa shape index (κ2) is 13.0. The summed E-state index contributed by atoms with van der Waals surface area (Å²) in [7, 11) is -0.430. The summed E-state index contributed by atoms with van der Waals surface area (Å²) in [5.41, 5.74) is 1.94. The summed E-state index contributed by atoms with van der Waals surface area (Å²) < 4.78 is 31.0. The Hall–Kier alpha value is -1.56. The molecule has 30 heavy (non-hydrogen) atoms. The number of halogens is 2. The van der Waals surface area contributed by atoms with Crippen molar-refractivity contribution in [3.05, 3.63) is 58.6 Å². The van der Waals surface area contributed by atoms with Crippen LogP contribution in [0.2, 0.25) is 5.02 Å². The molecule has 10 heteroatoms. The van der Waals surface area contributed by atoms with Crippen molar-refractivity contribution in [2.24, 2.45) is 4.99 Å². The van der Waals surface area contributed by atoms with E-state index in [0.717, 1.165) is 29.8 Å². The fourth-order valence-corrected chi connectivity index (χ4v) is 3.57. The molecular weight excluding hydrogens is 539 g/mol. The van der Waals surface area contributed by atoms with Crippen LogP contribution in [0.25, 0.3) is 0 Å². The third kappa shape index (κ3) is 7.93. The highest BCUT2D eigenvalue weighted by Crippen LogP contribution is 2.22. The molecule has 0 unspecified atom stereocenters. The number of ether oxygens (including phenoxy) is 1. The number of hydrogen-bond acceptors (Lipinski definition) is 4. The molecule has 0 aliphatic heterocycles. The Morgan fingerprint density at radius 2 is 1.83 bits per heavy atom. The molecule has 3 N–H and O–H groups in total. The van der Waals surface area contributed by atoms with Crippen molar-refractivity contribution in [2.75, 3.05) is 27.2 Å². The maximum atomic E-state index is 11.8. The van der Waals surface area contributed by atoms with Crippen LogP contribution in [-0.2, 0) is 23.0 Å². The molecule has 0 bridgehead atoms. The van der Waals surface area contributed by atoms with Crippen LogP contribution in [0.5, 0.6) is 5.75 Å². The lowest BCUT2D eigenvalue weighted by Crippen LogP contribution is -2.38. The molecule has 0 heterocycles. The predicted octanol–water partition coefficient (Wildman–Crippen LogP) is 3.17. The molecular formula is C20H28ClIN4O3S. The topological polar surface area (TPSA) is 91.8 Å². The predicted molar refractivity (Wildman–Crippen MR) is 133 cm³/mol. The number of nitrogens with zero attached hydrogens (tertiary/aromatic N) is 1. The molecule has 0 saturated heterocycles. The van der Waals surface area contributed by atoms with Crippen molar-refractivity contribution >= 4 is 51.6 Å². The highest BCUT2D eigenvalue weighted by Gasteiger charge is 2.10. The van der Waals surface area contributed by atoms with Crippen LogP contribution in [-0.4, -0.2) is 41.6 Å². The van der Waals surface area contributed by atoms with E-state index in [0.29, 0.717) is 24.1 Å². The molecule has 2 rings (SSSR count). The third-order valence-electron chi connectivity index (χ3n) is 4.21. The zero-order valence-corrected chi connectivity index (χ0v) is 21.1. The molecule has 0 aliphatic carbocycles. The van der Waals surface area contributed by atoms with E-state index in [9.17, 15) is 8.42 Å². The molecule has 0 saturated carbocycles. The van der Waals surface area contributed by atoms with E-state index in [4.69, 9.17) is 16.3 Å². The van der Waals surface area contributed by atoms with Crippen molar-refractivity contribution in [1.82, 2.24) is 15.4 Å². The van der Waals surface area contributed by atoms with E-state index in [1.807, 2.05) is 19.1 Å². The van der Waals surface area contributed by atoms with Gasteiger partial charge in [-0.25, -0.2) is 18.1 Å². The van der Waals surface area contributed by atoms with Gasteiger partial charge in [-0.3, -0.25) is 0 Å². The zero-order valence-electron chi connectivity index (χ0n) is 17.2. The monoisotopic (exact) mass is 566 g/mol. The molecule has 0 fully saturated rings. The highest BCUT2D eigenvalue weighted by atomic mass is 127. The summed E-state index contributed by atoms with van der Waals surface area (Å²) in [6, 6.07) is 12.3. The van der Waals surface area contributed by atoms with Gasteiger partial charge in [-0.15, -0.1) is 24.0 Å². The van der Waals surface area contributed by atoms with E-state index in [-0.39, 0.29) is 28.9 Å². The molecule has 7 nitrogen and oxygen atoms in total. The van der Waals surface area contributed by atoms with Crippen LogP contribution in [0, 0.1) is 0 Å². The molecule has 2 aromatic carbocycles. The van der Waals surface area contributed by atoms with Gasteiger partial charge in [-0.1, -0.05) is 29.8 Å². The zero-order chi connectivity index (χ0) is 21.3. The van der Waals surface area contributed by atoms with Crippen LogP contribution in [0.15, 0.2) is 52.4 Å². The first-order chi connectivity index (χ1) is 13.9. The second-order valence-corrected chi connectivity index (χ2v) is 8.47. The summed E-state index contributed by atoms with van der Waals surface area (Å²) in [4.78, 5) is 4.78. The Bertz CT molecular complexity index is 938. The molecule has 0 spiro atoms. The van der Waals surface area contributed by atoms with Crippen molar-refractivity contribution in [1.29, 1.82) is 0 Å². The first kappa shape index (κ1) is 26.5. The van der Waals surface area contributed by atoms with Crippen LogP contribution in [0.3, 0.4) is 0 Å². The van der Waals surface area contributed by atoms with Gasteiger partial charge in [0.1, 0.15) is 5.75 Å². The van der Waals surface area contributed by atoms with E-state index in [1.54, 1.807) is 37.4 Å². The Kier molecular flexibility index (Phi) is 11.5. The number of methoxy groups -OCH3 is 1. The first-order valence-corrected chi connectivity index (χ1v) is 11.1. The number of aliphatic imine (C=N–C) groups is 1. The maximum absolute atomic E-state index is 11.8.